The van der Waals surface area contributed by atoms with Gasteiger partial charge in [0.2, 0.25) is 5.52 Å². The van der Waals surface area contributed by atoms with Crippen molar-refractivity contribution in [3.05, 3.63) is 24.3 Å². The van der Waals surface area contributed by atoms with Gasteiger partial charge in [0.25, 0.3) is 14.5 Å². The van der Waals surface area contributed by atoms with E-state index in [2.05, 4.69) is 10.6 Å². The van der Waals surface area contributed by atoms with Crippen LogP contribution in [-0.4, -0.2) is 24.5 Å². The third-order valence-corrected chi connectivity index (χ3v) is 6.55. The number of aromatic nitrogens is 1. The lowest BCUT2D eigenvalue weighted by Gasteiger charge is -2.05. The average Bonchev–Trinajstić information content (AvgIpc) is 2.72. The van der Waals surface area contributed by atoms with Crippen LogP contribution < -0.4 is 4.57 Å². The minimum Gasteiger partial charge on any atom is -0.285 e. The number of nitrogens with zero attached hydrogens (tertiary/aromatic N) is 1. The first-order valence-corrected chi connectivity index (χ1v) is 9.39. The van der Waals surface area contributed by atoms with Gasteiger partial charge in [-0.05, 0) is 31.0 Å². The highest BCUT2D eigenvalue weighted by atomic mass is 32.2. The van der Waals surface area contributed by atoms with Gasteiger partial charge in [-0.1, -0.05) is 23.5 Å². The van der Waals surface area contributed by atoms with Crippen LogP contribution in [-0.2, 0) is 16.7 Å². The summed E-state index contributed by atoms with van der Waals surface area (Å²) in [5.41, 5.74) is 1.11. The Labute approximate surface area is 121 Å². The van der Waals surface area contributed by atoms with E-state index in [1.54, 1.807) is 23.1 Å². The molecule has 19 heavy (non-hydrogen) atoms. The van der Waals surface area contributed by atoms with Crippen LogP contribution in [0.1, 0.15) is 13.3 Å². The van der Waals surface area contributed by atoms with E-state index in [0.717, 1.165) is 9.86 Å². The number of aryl methyl sites for hydroxylation is 1. The second-order valence-corrected chi connectivity index (χ2v) is 8.22. The summed E-state index contributed by atoms with van der Waals surface area (Å²) in [7, 11) is -3.95. The number of fused-ring (bicyclic) bond motifs is 1. The Morgan fingerprint density at radius 3 is 2.74 bits per heavy atom. The van der Waals surface area contributed by atoms with E-state index in [4.69, 9.17) is 4.55 Å². The molecule has 0 aliphatic heterocycles. The first kappa shape index (κ1) is 14.8. The Hall–Kier alpha value is -0.630. The summed E-state index contributed by atoms with van der Waals surface area (Å²) in [5.74, 6) is 0. The molecular weight excluding hydrogens is 302 g/mol. The average molecular weight is 318 g/mol. The zero-order valence-corrected chi connectivity index (χ0v) is 13.2. The second kappa shape index (κ2) is 5.78. The highest BCUT2D eigenvalue weighted by Crippen LogP contribution is 2.26. The van der Waals surface area contributed by atoms with Crippen molar-refractivity contribution in [3.8, 4) is 0 Å². The number of benzene rings is 1. The van der Waals surface area contributed by atoms with E-state index in [-0.39, 0.29) is 0 Å². The Balaban J connectivity index is 2.29. The molecule has 4 nitrogen and oxygen atoms in total. The molecule has 0 bridgehead atoms. The molecule has 1 aromatic heterocycles. The Morgan fingerprint density at radius 2 is 2.11 bits per heavy atom. The zero-order valence-electron chi connectivity index (χ0n) is 10.7. The number of hydrogen-bond acceptors (Lipinski definition) is 4. The third kappa shape index (κ3) is 3.28. The van der Waals surface area contributed by atoms with Crippen molar-refractivity contribution in [2.75, 3.05) is 6.26 Å². The quantitative estimate of drug-likeness (QED) is 0.523. The number of hydrogen-bond donors (Lipinski definition) is 1. The molecule has 0 amide bonds. The molecule has 1 heterocycles. The Bertz CT molecular complexity index is 679. The molecule has 1 atom stereocenters. The zero-order chi connectivity index (χ0) is 14.0. The van der Waals surface area contributed by atoms with Gasteiger partial charge in [-0.15, -0.1) is 0 Å². The molecule has 0 fully saturated rings. The molecule has 0 saturated heterocycles. The fraction of sp³-hybridized carbons (Fsp3) is 0.417. The summed E-state index contributed by atoms with van der Waals surface area (Å²) in [4.78, 5) is 0. The topological polar surface area (TPSA) is 58.2 Å². The second-order valence-electron chi connectivity index (χ2n) is 4.31. The molecule has 0 radical (unpaired) electrons. The minimum absolute atomic E-state index is 0.401. The minimum atomic E-state index is -3.95. The first-order valence-electron chi connectivity index (χ1n) is 5.85. The van der Waals surface area contributed by atoms with Crippen LogP contribution in [0, 0.1) is 0 Å². The molecule has 0 aliphatic carbocycles. The predicted octanol–water partition coefficient (Wildman–Crippen LogP) is 2.58. The van der Waals surface area contributed by atoms with E-state index in [1.807, 2.05) is 24.5 Å². The van der Waals surface area contributed by atoms with E-state index in [0.29, 0.717) is 13.0 Å². The van der Waals surface area contributed by atoms with Crippen molar-refractivity contribution in [1.29, 1.82) is 0 Å². The highest BCUT2D eigenvalue weighted by molar-refractivity contribution is 8.00. The summed E-state index contributed by atoms with van der Waals surface area (Å²) in [6.45, 7) is 2.12. The largest absolute Gasteiger partial charge is 0.298 e. The molecule has 0 aliphatic rings. The van der Waals surface area contributed by atoms with E-state index in [9.17, 15) is 8.42 Å². The summed E-state index contributed by atoms with van der Waals surface area (Å²) >= 11 is 3.35. The maximum absolute atomic E-state index is 11.1. The van der Waals surface area contributed by atoms with Crippen molar-refractivity contribution in [3.63, 3.8) is 0 Å². The third-order valence-electron chi connectivity index (χ3n) is 3.02. The molecule has 0 saturated carbocycles. The normalized spacial score (nSPS) is 13.8. The van der Waals surface area contributed by atoms with Gasteiger partial charge in [0.1, 0.15) is 4.70 Å². The molecule has 0 spiro atoms. The predicted molar refractivity (Wildman–Crippen MR) is 79.4 cm³/mol. The van der Waals surface area contributed by atoms with Crippen LogP contribution in [0.4, 0.5) is 0 Å². The molecule has 2 aromatic rings. The van der Waals surface area contributed by atoms with Crippen LogP contribution in [0.15, 0.2) is 28.6 Å². The van der Waals surface area contributed by atoms with E-state index >= 15 is 0 Å². The number of thioether (sulfide) groups is 1. The lowest BCUT2D eigenvalue weighted by Crippen LogP contribution is -2.36. The van der Waals surface area contributed by atoms with E-state index in [1.165, 1.54) is 11.6 Å². The summed E-state index contributed by atoms with van der Waals surface area (Å²) in [6, 6.07) is 8.06. The van der Waals surface area contributed by atoms with Crippen molar-refractivity contribution >= 4 is 43.4 Å². The molecule has 2 rings (SSSR count). The first-order chi connectivity index (χ1) is 8.93. The summed E-state index contributed by atoms with van der Waals surface area (Å²) in [5, 5.41) is -0.742. The Morgan fingerprint density at radius 1 is 1.42 bits per heavy atom. The van der Waals surface area contributed by atoms with Gasteiger partial charge in [0, 0.05) is 12.5 Å². The lowest BCUT2D eigenvalue weighted by atomic mass is 10.3. The monoisotopic (exact) mass is 318 g/mol. The number of rotatable bonds is 5. The smallest absolute Gasteiger partial charge is 0.285 e. The molecular formula is C12H16NO3S3+. The van der Waals surface area contributed by atoms with Gasteiger partial charge < -0.3 is 0 Å². The maximum Gasteiger partial charge on any atom is 0.298 e. The van der Waals surface area contributed by atoms with Crippen molar-refractivity contribution in [2.45, 2.75) is 29.5 Å². The van der Waals surface area contributed by atoms with Crippen LogP contribution in [0.2, 0.25) is 0 Å². The van der Waals surface area contributed by atoms with Gasteiger partial charge >= 0.3 is 0 Å². The van der Waals surface area contributed by atoms with Crippen LogP contribution >= 0.6 is 23.1 Å². The van der Waals surface area contributed by atoms with Crippen LogP contribution in [0.3, 0.4) is 0 Å². The fourth-order valence-corrected chi connectivity index (χ4v) is 4.17. The lowest BCUT2D eigenvalue weighted by molar-refractivity contribution is -0.702. The number of thiazole rings is 1. The van der Waals surface area contributed by atoms with E-state index < -0.39 is 15.4 Å². The molecule has 1 aromatic carbocycles. The van der Waals surface area contributed by atoms with Crippen molar-refractivity contribution in [1.82, 2.24) is 0 Å². The van der Waals surface area contributed by atoms with Crippen molar-refractivity contribution in [2.24, 2.45) is 0 Å². The molecule has 1 unspecified atom stereocenters. The van der Waals surface area contributed by atoms with Crippen LogP contribution in [0.5, 0.6) is 0 Å². The molecule has 1 N–H and O–H groups in total. The van der Waals surface area contributed by atoms with Gasteiger partial charge in [0.05, 0.1) is 5.25 Å². The molecule has 7 heteroatoms. The standard InChI is InChI=1S/C12H15NO3S3/c1-9(19(14,15)16)7-8-13-10-5-3-4-6-11(10)18-12(13)17-2/h3-6,9H,7-8H2,1-2H3/p+1. The summed E-state index contributed by atoms with van der Waals surface area (Å²) in [6.07, 6.45) is 2.41. The molecule has 104 valence electrons. The number of para-hydroxylation sites is 1. The van der Waals surface area contributed by atoms with Gasteiger partial charge in [-0.3, -0.25) is 4.55 Å². The van der Waals surface area contributed by atoms with Crippen LogP contribution in [0.25, 0.3) is 10.2 Å². The Kier molecular flexibility index (Phi) is 4.50. The SMILES string of the molecule is CSc1sc2ccccc2[n+]1CCC(C)S(=O)(=O)O. The van der Waals surface area contributed by atoms with Gasteiger partial charge in [0.15, 0.2) is 6.54 Å². The maximum atomic E-state index is 11.1. The van der Waals surface area contributed by atoms with Crippen molar-refractivity contribution < 1.29 is 17.5 Å². The van der Waals surface area contributed by atoms with Gasteiger partial charge in [-0.25, -0.2) is 0 Å². The summed E-state index contributed by atoms with van der Waals surface area (Å²) < 4.78 is 35.6. The highest BCUT2D eigenvalue weighted by Gasteiger charge is 2.23. The van der Waals surface area contributed by atoms with Gasteiger partial charge in [-0.2, -0.15) is 13.0 Å². The fourth-order valence-electron chi connectivity index (χ4n) is 1.84.